The molecular weight excluding hydrogens is 637 g/mol. The van der Waals surface area contributed by atoms with E-state index in [4.69, 9.17) is 9.05 Å². The summed E-state index contributed by atoms with van der Waals surface area (Å²) in [5, 5.41) is 32.7. The summed E-state index contributed by atoms with van der Waals surface area (Å²) in [5.41, 5.74) is -3.73. The average molecular weight is 672 g/mol. The molecule has 0 amide bonds. The summed E-state index contributed by atoms with van der Waals surface area (Å²) in [5.74, 6) is -4.01. The molecule has 0 heterocycles. The minimum Gasteiger partial charge on any atom is -1.00 e. The molecule has 9 atom stereocenters. The molecule has 3 N–H and O–H groups in total. The second-order valence-corrected chi connectivity index (χ2v) is 14.1. The number of phosphoric ester groups is 1. The number of allylic oxidation sites excluding steroid dienone is 3. The van der Waals surface area contributed by atoms with Crippen molar-refractivity contribution in [3.05, 3.63) is 59.4 Å². The molecule has 2 unspecified atom stereocenters. The van der Waals surface area contributed by atoms with Crippen LogP contribution in [-0.2, 0) is 38.5 Å². The molecule has 0 bridgehead atoms. The predicted molar refractivity (Wildman–Crippen MR) is 147 cm³/mol. The molecule has 0 aromatic heterocycles. The van der Waals surface area contributed by atoms with E-state index in [0.717, 1.165) is 6.08 Å². The van der Waals surface area contributed by atoms with Crippen LogP contribution in [0.2, 0.25) is 0 Å². The third-order valence-corrected chi connectivity index (χ3v) is 12.0. The van der Waals surface area contributed by atoms with E-state index in [1.165, 1.54) is 30.3 Å². The minimum atomic E-state index is -5.24. The Morgan fingerprint density at radius 2 is 1.82 bits per heavy atom. The summed E-state index contributed by atoms with van der Waals surface area (Å²) in [6.07, 6.45) is 2.59. The van der Waals surface area contributed by atoms with Crippen molar-refractivity contribution >= 4 is 36.7 Å². The van der Waals surface area contributed by atoms with Gasteiger partial charge in [-0.2, -0.15) is 3.97 Å². The zero-order chi connectivity index (χ0) is 30.7. The summed E-state index contributed by atoms with van der Waals surface area (Å²) < 4.78 is 51.7. The van der Waals surface area contributed by atoms with Crippen LogP contribution in [0.1, 0.15) is 59.2 Å². The van der Waals surface area contributed by atoms with Gasteiger partial charge in [0.05, 0.1) is 28.4 Å². The number of hydrogen-bond donors (Lipinski definition) is 3. The molecule has 1 aromatic rings. The Labute approximate surface area is 304 Å². The van der Waals surface area contributed by atoms with Crippen LogP contribution in [0.4, 0.5) is 0 Å². The number of benzene rings is 1. The van der Waals surface area contributed by atoms with E-state index in [-0.39, 0.29) is 98.0 Å². The molecule has 44 heavy (non-hydrogen) atoms. The van der Waals surface area contributed by atoms with Gasteiger partial charge in [-0.3, -0.25) is 9.59 Å². The van der Waals surface area contributed by atoms with Crippen LogP contribution in [0.3, 0.4) is 0 Å². The van der Waals surface area contributed by atoms with E-state index in [1.54, 1.807) is 19.9 Å². The molecule has 4 aliphatic carbocycles. The van der Waals surface area contributed by atoms with E-state index >= 15 is 0 Å². The first-order chi connectivity index (χ1) is 19.7. The van der Waals surface area contributed by atoms with Gasteiger partial charge in [0.2, 0.25) is 0 Å². The summed E-state index contributed by atoms with van der Waals surface area (Å²) in [7, 11) is -5.24. The Balaban J connectivity index is 0.00000264. The first-order valence-corrected chi connectivity index (χ1v) is 16.0. The van der Waals surface area contributed by atoms with Gasteiger partial charge in [0.15, 0.2) is 11.6 Å². The maximum Gasteiger partial charge on any atom is 1.00 e. The van der Waals surface area contributed by atoms with E-state index in [2.05, 4.69) is 3.97 Å². The Morgan fingerprint density at radius 1 is 1.16 bits per heavy atom. The fourth-order valence-electron chi connectivity index (χ4n) is 8.09. The van der Waals surface area contributed by atoms with Gasteiger partial charge in [-0.05, 0) is 69.1 Å². The predicted octanol–water partition coefficient (Wildman–Crippen LogP) is -3.09. The molecule has 0 radical (unpaired) electrons. The number of fused-ring (bicyclic) bond motifs is 5. The maximum atomic E-state index is 13.7. The van der Waals surface area contributed by atoms with Gasteiger partial charge in [-0.1, -0.05) is 30.7 Å². The molecule has 232 valence electrons. The number of carbonyl (C=O) groups excluding carboxylic acids is 3. The fraction of sp³-hybridized carbons (Fsp3) is 0.536. The number of carbonyl (C=O) groups is 3. The SMILES string of the molecule is C[C@@]12C(=CC(=O)C=C1OP(=O)(OC(=O)c1ccccc1)OS(=O)[O-])CC[C@@H]1[C@@H]2[C@@H](O)C[C@@]2(C)[C@H]1CC[C@]2(O)C(=O)CO.[H-].[H-].[Na+].[Na+]. The van der Waals surface area contributed by atoms with E-state index in [0.29, 0.717) is 24.8 Å². The minimum absolute atomic E-state index is 0. The Kier molecular flexibility index (Phi) is 12.0. The fourth-order valence-corrected chi connectivity index (χ4v) is 9.76. The van der Waals surface area contributed by atoms with Gasteiger partial charge in [-0.25, -0.2) is 13.6 Å². The molecule has 0 aliphatic heterocycles. The van der Waals surface area contributed by atoms with Gasteiger partial charge in [0.1, 0.15) is 18.0 Å². The Morgan fingerprint density at radius 3 is 2.43 bits per heavy atom. The zero-order valence-corrected chi connectivity index (χ0v) is 30.7. The number of phosphoric acid groups is 1. The van der Waals surface area contributed by atoms with Gasteiger partial charge in [0, 0.05) is 17.4 Å². The molecule has 3 saturated carbocycles. The van der Waals surface area contributed by atoms with Crippen molar-refractivity contribution in [2.45, 2.75) is 57.7 Å². The molecular formula is C28H34Na2O12PS-. The normalized spacial score (nSPS) is 35.9. The van der Waals surface area contributed by atoms with Crippen molar-refractivity contribution in [2.75, 3.05) is 6.61 Å². The summed E-state index contributed by atoms with van der Waals surface area (Å²) >= 11 is -3.45. The number of ketones is 2. The van der Waals surface area contributed by atoms with E-state index < -0.39 is 71.8 Å². The Bertz CT molecular complexity index is 1460. The monoisotopic (exact) mass is 671 g/mol. The largest absolute Gasteiger partial charge is 1.00 e. The van der Waals surface area contributed by atoms with Crippen molar-refractivity contribution in [1.29, 1.82) is 0 Å². The van der Waals surface area contributed by atoms with Crippen LogP contribution >= 0.6 is 7.82 Å². The van der Waals surface area contributed by atoms with Crippen LogP contribution in [0.15, 0.2) is 53.8 Å². The molecule has 1 aromatic carbocycles. The van der Waals surface area contributed by atoms with Crippen molar-refractivity contribution in [2.24, 2.45) is 28.6 Å². The number of aliphatic hydroxyl groups excluding tert-OH is 2. The van der Waals surface area contributed by atoms with Crippen molar-refractivity contribution in [3.8, 4) is 0 Å². The second kappa shape index (κ2) is 13.9. The van der Waals surface area contributed by atoms with E-state index in [1.807, 2.05) is 0 Å². The van der Waals surface area contributed by atoms with Crippen molar-refractivity contribution < 1.29 is 118 Å². The smallest absolute Gasteiger partial charge is 1.00 e. The number of Topliss-reactive ketones (excluding diaryl/α,β-unsaturated/α-hetero) is 1. The molecule has 4 aliphatic rings. The van der Waals surface area contributed by atoms with Gasteiger partial charge < -0.3 is 31.8 Å². The molecule has 16 heteroatoms. The molecule has 3 fully saturated rings. The van der Waals surface area contributed by atoms with Crippen LogP contribution in [-0.4, -0.2) is 59.9 Å². The Hall–Kier alpha value is -0.510. The summed E-state index contributed by atoms with van der Waals surface area (Å²) in [4.78, 5) is 38.2. The molecule has 0 spiro atoms. The third kappa shape index (κ3) is 6.35. The van der Waals surface area contributed by atoms with Crippen LogP contribution in [0, 0.1) is 28.6 Å². The van der Waals surface area contributed by atoms with E-state index in [9.17, 15) is 43.0 Å². The van der Waals surface area contributed by atoms with Crippen LogP contribution < -0.4 is 59.1 Å². The standard InChI is InChI=1S/C28H33O12PS.2Na.2H/c1-26-14-21(31)24-19(20(26)10-11-28(26,34)22(32)15-29)9-8-17-12-18(30)13-23(27(17,24)2)38-41(35,40-42(36)37)39-25(33)16-6-4-3-5-7-16;;;;/h3-7,12-13,19-21,24,29,31,34H,8-11,14-15H2,1-2H3,(H,36,37);;;;/q;2*+1;2*-1/p-1/t19-,20-,21-,24+,26-,27+,28-,41?;;;;/m0..../s1. The first-order valence-electron chi connectivity index (χ1n) is 13.6. The molecule has 5 rings (SSSR count). The summed E-state index contributed by atoms with van der Waals surface area (Å²) in [6.45, 7) is 2.56. The number of rotatable bonds is 8. The third-order valence-electron chi connectivity index (χ3n) is 9.96. The van der Waals surface area contributed by atoms with Gasteiger partial charge in [-0.15, -0.1) is 0 Å². The number of aliphatic hydroxyl groups is 3. The first kappa shape index (κ1) is 37.9. The second-order valence-electron chi connectivity index (χ2n) is 11.8. The number of hydrogen-bond acceptors (Lipinski definition) is 12. The van der Waals surface area contributed by atoms with Crippen molar-refractivity contribution in [1.82, 2.24) is 0 Å². The van der Waals surface area contributed by atoms with Crippen LogP contribution in [0.25, 0.3) is 0 Å². The van der Waals surface area contributed by atoms with Crippen molar-refractivity contribution in [3.63, 3.8) is 0 Å². The zero-order valence-electron chi connectivity index (χ0n) is 27.0. The molecule has 12 nitrogen and oxygen atoms in total. The quantitative estimate of drug-likeness (QED) is 0.143. The topological polar surface area (TPSA) is 197 Å². The van der Waals surface area contributed by atoms with Gasteiger partial charge >= 0.3 is 72.9 Å². The summed E-state index contributed by atoms with van der Waals surface area (Å²) in [6, 6.07) is 7.33. The molecule has 0 saturated heterocycles. The maximum absolute atomic E-state index is 13.7. The van der Waals surface area contributed by atoms with Gasteiger partial charge in [0.25, 0.3) is 0 Å². The van der Waals surface area contributed by atoms with Crippen LogP contribution in [0.5, 0.6) is 0 Å². The average Bonchev–Trinajstić information content (AvgIpc) is 3.19.